The highest BCUT2D eigenvalue weighted by molar-refractivity contribution is 6.32. The van der Waals surface area contributed by atoms with Crippen LogP contribution in [0, 0.1) is 5.82 Å². The Labute approximate surface area is 155 Å². The second-order valence-corrected chi connectivity index (χ2v) is 7.71. The third-order valence-corrected chi connectivity index (χ3v) is 5.91. The minimum absolute atomic E-state index is 0.0121. The molecule has 3 rings (SSSR count). The van der Waals surface area contributed by atoms with Gasteiger partial charge in [0.25, 0.3) is 0 Å². The number of hydrogen-bond donors (Lipinski definition) is 0. The minimum atomic E-state index is -0.390. The Hall–Kier alpha value is -1.35. The molecule has 4 heteroatoms. The van der Waals surface area contributed by atoms with Crippen LogP contribution in [0.2, 0.25) is 5.02 Å². The van der Waals surface area contributed by atoms with Gasteiger partial charge in [-0.05, 0) is 43.9 Å². The SMILES string of the molecule is O=C(/C=C/c1c(F)cccc1Cl)N(C1CCCCC1)C1CCCCC1. The zero-order valence-corrected chi connectivity index (χ0v) is 15.5. The number of rotatable bonds is 4. The molecule has 2 nitrogen and oxygen atoms in total. The summed E-state index contributed by atoms with van der Waals surface area (Å²) in [6.07, 6.45) is 14.8. The molecule has 0 aromatic heterocycles. The highest BCUT2D eigenvalue weighted by Gasteiger charge is 2.31. The van der Waals surface area contributed by atoms with E-state index in [0.717, 1.165) is 25.7 Å². The fourth-order valence-corrected chi connectivity index (χ4v) is 4.51. The predicted molar refractivity (Wildman–Crippen MR) is 101 cm³/mol. The molecule has 1 aromatic rings. The van der Waals surface area contributed by atoms with Crippen LogP contribution in [0.25, 0.3) is 6.08 Å². The van der Waals surface area contributed by atoms with Crippen LogP contribution in [0.5, 0.6) is 0 Å². The van der Waals surface area contributed by atoms with E-state index in [1.165, 1.54) is 50.7 Å². The van der Waals surface area contributed by atoms with Crippen molar-refractivity contribution in [1.29, 1.82) is 0 Å². The zero-order valence-electron chi connectivity index (χ0n) is 14.7. The molecule has 25 heavy (non-hydrogen) atoms. The Morgan fingerprint density at radius 1 is 1.00 bits per heavy atom. The Morgan fingerprint density at radius 2 is 1.56 bits per heavy atom. The highest BCUT2D eigenvalue weighted by atomic mass is 35.5. The second kappa shape index (κ2) is 8.84. The van der Waals surface area contributed by atoms with E-state index in [4.69, 9.17) is 11.6 Å². The van der Waals surface area contributed by atoms with Crippen molar-refractivity contribution in [3.63, 3.8) is 0 Å². The first-order chi connectivity index (χ1) is 12.2. The van der Waals surface area contributed by atoms with E-state index >= 15 is 0 Å². The molecule has 1 aromatic carbocycles. The molecule has 0 heterocycles. The molecule has 0 unspecified atom stereocenters. The molecule has 2 saturated carbocycles. The average Bonchev–Trinajstić information content (AvgIpc) is 2.63. The lowest BCUT2D eigenvalue weighted by atomic mass is 9.88. The summed E-state index contributed by atoms with van der Waals surface area (Å²) in [7, 11) is 0. The fourth-order valence-electron chi connectivity index (χ4n) is 4.29. The van der Waals surface area contributed by atoms with Crippen molar-refractivity contribution in [2.24, 2.45) is 0 Å². The van der Waals surface area contributed by atoms with Gasteiger partial charge in [0.1, 0.15) is 5.82 Å². The van der Waals surface area contributed by atoms with Gasteiger partial charge in [-0.15, -0.1) is 0 Å². The van der Waals surface area contributed by atoms with E-state index in [2.05, 4.69) is 4.90 Å². The van der Waals surface area contributed by atoms with Crippen molar-refractivity contribution in [1.82, 2.24) is 4.90 Å². The molecule has 2 aliphatic carbocycles. The first-order valence-electron chi connectivity index (χ1n) is 9.61. The summed E-state index contributed by atoms with van der Waals surface area (Å²) in [6, 6.07) is 5.27. The van der Waals surface area contributed by atoms with Gasteiger partial charge in [-0.1, -0.05) is 56.2 Å². The summed E-state index contributed by atoms with van der Waals surface area (Å²) in [5.41, 5.74) is 0.296. The van der Waals surface area contributed by atoms with Crippen LogP contribution in [-0.4, -0.2) is 22.9 Å². The van der Waals surface area contributed by atoms with Crippen LogP contribution in [-0.2, 0) is 4.79 Å². The largest absolute Gasteiger partial charge is 0.333 e. The molecule has 1 amide bonds. The van der Waals surface area contributed by atoms with Crippen molar-refractivity contribution in [2.75, 3.05) is 0 Å². The van der Waals surface area contributed by atoms with E-state index in [1.54, 1.807) is 18.2 Å². The number of benzene rings is 1. The summed E-state index contributed by atoms with van der Waals surface area (Å²) in [4.78, 5) is 15.1. The lowest BCUT2D eigenvalue weighted by Crippen LogP contribution is -2.48. The normalized spacial score (nSPS) is 20.1. The van der Waals surface area contributed by atoms with Gasteiger partial charge in [0.05, 0.1) is 5.02 Å². The molecule has 0 aliphatic heterocycles. The first-order valence-corrected chi connectivity index (χ1v) is 9.99. The first kappa shape index (κ1) is 18.4. The van der Waals surface area contributed by atoms with Crippen LogP contribution in [0.15, 0.2) is 24.3 Å². The van der Waals surface area contributed by atoms with Crippen LogP contribution in [0.4, 0.5) is 4.39 Å². The van der Waals surface area contributed by atoms with Crippen molar-refractivity contribution in [3.8, 4) is 0 Å². The molecule has 0 spiro atoms. The third-order valence-electron chi connectivity index (χ3n) is 5.58. The molecule has 2 fully saturated rings. The Balaban J connectivity index is 1.79. The van der Waals surface area contributed by atoms with E-state index < -0.39 is 5.82 Å². The van der Waals surface area contributed by atoms with Crippen molar-refractivity contribution in [3.05, 3.63) is 40.7 Å². The van der Waals surface area contributed by atoms with Crippen LogP contribution >= 0.6 is 11.6 Å². The van der Waals surface area contributed by atoms with Crippen molar-refractivity contribution in [2.45, 2.75) is 76.3 Å². The molecule has 0 N–H and O–H groups in total. The molecular weight excluding hydrogens is 337 g/mol. The van der Waals surface area contributed by atoms with Gasteiger partial charge in [0.15, 0.2) is 0 Å². The Kier molecular flexibility index (Phi) is 6.52. The lowest BCUT2D eigenvalue weighted by molar-refractivity contribution is -0.132. The maximum Gasteiger partial charge on any atom is 0.247 e. The van der Waals surface area contributed by atoms with Gasteiger partial charge in [-0.25, -0.2) is 4.39 Å². The maximum absolute atomic E-state index is 14.0. The van der Waals surface area contributed by atoms with E-state index in [1.807, 2.05) is 0 Å². The highest BCUT2D eigenvalue weighted by Crippen LogP contribution is 2.31. The van der Waals surface area contributed by atoms with Gasteiger partial charge in [0, 0.05) is 23.7 Å². The number of halogens is 2. The van der Waals surface area contributed by atoms with Gasteiger partial charge in [-0.2, -0.15) is 0 Å². The van der Waals surface area contributed by atoms with Gasteiger partial charge < -0.3 is 4.90 Å². The second-order valence-electron chi connectivity index (χ2n) is 7.30. The van der Waals surface area contributed by atoms with Crippen LogP contribution in [0.3, 0.4) is 0 Å². The summed E-state index contributed by atoms with van der Waals surface area (Å²) in [5, 5.41) is 0.339. The monoisotopic (exact) mass is 363 g/mol. The predicted octanol–water partition coefficient (Wildman–Crippen LogP) is 5.99. The van der Waals surface area contributed by atoms with Crippen LogP contribution in [0.1, 0.15) is 69.8 Å². The van der Waals surface area contributed by atoms with Gasteiger partial charge >= 0.3 is 0 Å². The number of carbonyl (C=O) groups excluding carboxylic acids is 1. The van der Waals surface area contributed by atoms with Crippen molar-refractivity contribution < 1.29 is 9.18 Å². The number of hydrogen-bond acceptors (Lipinski definition) is 1. The Bertz CT molecular complexity index is 580. The van der Waals surface area contributed by atoms with Gasteiger partial charge in [-0.3, -0.25) is 4.79 Å². The molecule has 0 saturated heterocycles. The third kappa shape index (κ3) is 4.63. The lowest BCUT2D eigenvalue weighted by Gasteiger charge is -2.41. The smallest absolute Gasteiger partial charge is 0.247 e. The zero-order chi connectivity index (χ0) is 17.6. The molecule has 0 radical (unpaired) electrons. The van der Waals surface area contributed by atoms with Crippen molar-refractivity contribution >= 4 is 23.6 Å². The number of nitrogens with zero attached hydrogens (tertiary/aromatic N) is 1. The summed E-state index contributed by atoms with van der Waals surface area (Å²) in [5.74, 6) is -0.378. The quantitative estimate of drug-likeness (QED) is 0.602. The molecule has 2 aliphatic rings. The Morgan fingerprint density at radius 3 is 2.08 bits per heavy atom. The molecule has 136 valence electrons. The molecule has 0 bridgehead atoms. The minimum Gasteiger partial charge on any atom is -0.333 e. The molecular formula is C21H27ClFNO. The van der Waals surface area contributed by atoms with Gasteiger partial charge in [0.2, 0.25) is 5.91 Å². The van der Waals surface area contributed by atoms with E-state index in [9.17, 15) is 9.18 Å². The summed E-state index contributed by atoms with van der Waals surface area (Å²) >= 11 is 6.07. The topological polar surface area (TPSA) is 20.3 Å². The standard InChI is InChI=1S/C21H27ClFNO/c22-19-12-7-13-20(23)18(19)14-15-21(25)24(16-8-3-1-4-9-16)17-10-5-2-6-11-17/h7,12-17H,1-6,8-11H2/b15-14+. The van der Waals surface area contributed by atoms with Crippen LogP contribution < -0.4 is 0 Å². The average molecular weight is 364 g/mol. The number of carbonyl (C=O) groups is 1. The summed E-state index contributed by atoms with van der Waals surface area (Å²) < 4.78 is 14.0. The van der Waals surface area contributed by atoms with E-state index in [-0.39, 0.29) is 5.91 Å². The number of amides is 1. The maximum atomic E-state index is 14.0. The fraction of sp³-hybridized carbons (Fsp3) is 0.571. The summed E-state index contributed by atoms with van der Waals surface area (Å²) in [6.45, 7) is 0. The molecule has 0 atom stereocenters. The van der Waals surface area contributed by atoms with E-state index in [0.29, 0.717) is 22.7 Å².